The molecule has 1 heterocycles. The van der Waals surface area contributed by atoms with Crippen LogP contribution in [-0.4, -0.2) is 9.55 Å². The number of hydrogen-bond acceptors (Lipinski definition) is 1. The highest BCUT2D eigenvalue weighted by Crippen LogP contribution is 2.28. The zero-order valence-electron chi connectivity index (χ0n) is 10.4. The first-order chi connectivity index (χ1) is 10.0. The second kappa shape index (κ2) is 5.35. The summed E-state index contributed by atoms with van der Waals surface area (Å²) in [6, 6.07) is 6.25. The van der Waals surface area contributed by atoms with Crippen molar-refractivity contribution in [2.45, 2.75) is 5.88 Å². The summed E-state index contributed by atoms with van der Waals surface area (Å²) in [5.41, 5.74) is 1.30. The van der Waals surface area contributed by atoms with Gasteiger partial charge in [0, 0.05) is 12.1 Å². The Balaban J connectivity index is 2.34. The molecule has 0 N–H and O–H groups in total. The zero-order chi connectivity index (χ0) is 15.1. The maximum atomic E-state index is 13.6. The summed E-state index contributed by atoms with van der Waals surface area (Å²) in [6.45, 7) is 0. The van der Waals surface area contributed by atoms with Crippen molar-refractivity contribution in [1.82, 2.24) is 9.55 Å². The SMILES string of the molecule is Fc1ccc(-n2c(CCl)nc3cc(F)c(Br)cc32)cc1F. The minimum Gasteiger partial charge on any atom is -0.295 e. The lowest BCUT2D eigenvalue weighted by Gasteiger charge is -2.08. The van der Waals surface area contributed by atoms with Gasteiger partial charge in [0.15, 0.2) is 11.6 Å². The van der Waals surface area contributed by atoms with E-state index in [0.717, 1.165) is 12.1 Å². The third-order valence-corrected chi connectivity index (χ3v) is 3.89. The van der Waals surface area contributed by atoms with Crippen LogP contribution in [0.4, 0.5) is 13.2 Å². The fourth-order valence-corrected chi connectivity index (χ4v) is 2.64. The average molecular weight is 376 g/mol. The molecule has 3 rings (SSSR count). The van der Waals surface area contributed by atoms with Crippen LogP contribution in [0.25, 0.3) is 16.7 Å². The summed E-state index contributed by atoms with van der Waals surface area (Å²) in [6.07, 6.45) is 0. The molecule has 1 aromatic heterocycles. The fraction of sp³-hybridized carbons (Fsp3) is 0.0714. The molecular weight excluding hydrogens is 369 g/mol. The van der Waals surface area contributed by atoms with Crippen LogP contribution in [0.3, 0.4) is 0 Å². The number of halogens is 5. The molecule has 0 aliphatic rings. The lowest BCUT2D eigenvalue weighted by molar-refractivity contribution is 0.508. The number of imidazole rings is 1. The third-order valence-electron chi connectivity index (χ3n) is 3.05. The van der Waals surface area contributed by atoms with E-state index in [9.17, 15) is 13.2 Å². The van der Waals surface area contributed by atoms with Crippen LogP contribution in [0.2, 0.25) is 0 Å². The summed E-state index contributed by atoms with van der Waals surface area (Å²) in [7, 11) is 0. The molecule has 0 radical (unpaired) electrons. The van der Waals surface area contributed by atoms with Gasteiger partial charge in [-0.3, -0.25) is 4.57 Å². The molecule has 0 amide bonds. The van der Waals surface area contributed by atoms with Crippen molar-refractivity contribution in [1.29, 1.82) is 0 Å². The van der Waals surface area contributed by atoms with Crippen molar-refractivity contribution in [2.24, 2.45) is 0 Å². The van der Waals surface area contributed by atoms with E-state index in [2.05, 4.69) is 20.9 Å². The predicted molar refractivity (Wildman–Crippen MR) is 78.2 cm³/mol. The molecule has 2 aromatic carbocycles. The van der Waals surface area contributed by atoms with Gasteiger partial charge in [0.2, 0.25) is 0 Å². The zero-order valence-corrected chi connectivity index (χ0v) is 12.7. The number of benzene rings is 2. The van der Waals surface area contributed by atoms with Crippen LogP contribution in [-0.2, 0) is 5.88 Å². The first-order valence-electron chi connectivity index (χ1n) is 5.89. The van der Waals surface area contributed by atoms with Gasteiger partial charge in [-0.1, -0.05) is 0 Å². The van der Waals surface area contributed by atoms with Crippen LogP contribution >= 0.6 is 27.5 Å². The van der Waals surface area contributed by atoms with Crippen molar-refractivity contribution in [3.05, 3.63) is 58.1 Å². The number of fused-ring (bicyclic) bond motifs is 1. The van der Waals surface area contributed by atoms with Gasteiger partial charge >= 0.3 is 0 Å². The van der Waals surface area contributed by atoms with Gasteiger partial charge in [0.25, 0.3) is 0 Å². The molecule has 3 aromatic rings. The van der Waals surface area contributed by atoms with Crippen molar-refractivity contribution < 1.29 is 13.2 Å². The Morgan fingerprint density at radius 2 is 1.81 bits per heavy atom. The summed E-state index contributed by atoms with van der Waals surface area (Å²) in [4.78, 5) is 4.22. The van der Waals surface area contributed by atoms with Gasteiger partial charge in [0.05, 0.1) is 27.1 Å². The van der Waals surface area contributed by atoms with Gasteiger partial charge in [-0.2, -0.15) is 0 Å². The maximum absolute atomic E-state index is 13.6. The van der Waals surface area contributed by atoms with Gasteiger partial charge in [-0.25, -0.2) is 18.2 Å². The largest absolute Gasteiger partial charge is 0.295 e. The van der Waals surface area contributed by atoms with Gasteiger partial charge in [0.1, 0.15) is 11.6 Å². The van der Waals surface area contributed by atoms with Gasteiger partial charge < -0.3 is 0 Å². The fourth-order valence-electron chi connectivity index (χ4n) is 2.12. The summed E-state index contributed by atoms with van der Waals surface area (Å²) >= 11 is 8.94. The van der Waals surface area contributed by atoms with E-state index in [0.29, 0.717) is 22.5 Å². The van der Waals surface area contributed by atoms with Crippen molar-refractivity contribution in [2.75, 3.05) is 0 Å². The number of alkyl halides is 1. The summed E-state index contributed by atoms with van der Waals surface area (Å²) in [5, 5.41) is 0. The van der Waals surface area contributed by atoms with E-state index in [4.69, 9.17) is 11.6 Å². The van der Waals surface area contributed by atoms with Crippen LogP contribution < -0.4 is 0 Å². The average Bonchev–Trinajstić information content (AvgIpc) is 2.80. The van der Waals surface area contributed by atoms with Gasteiger partial charge in [-0.15, -0.1) is 11.6 Å². The standard InChI is InChI=1S/C14H7BrClF3N2/c15-8-4-13-12(5-10(8)18)20-14(6-16)21(13)7-1-2-9(17)11(19)3-7/h1-5H,6H2. The molecule has 21 heavy (non-hydrogen) atoms. The minimum atomic E-state index is -0.976. The van der Waals surface area contributed by atoms with Crippen LogP contribution in [0.5, 0.6) is 0 Å². The van der Waals surface area contributed by atoms with E-state index < -0.39 is 17.5 Å². The highest BCUT2D eigenvalue weighted by molar-refractivity contribution is 9.10. The molecule has 0 fully saturated rings. The topological polar surface area (TPSA) is 17.8 Å². The highest BCUT2D eigenvalue weighted by atomic mass is 79.9. The third kappa shape index (κ3) is 2.42. The predicted octanol–water partition coefficient (Wildman–Crippen LogP) is 4.94. The molecule has 7 heteroatoms. The smallest absolute Gasteiger partial charge is 0.160 e. The van der Waals surface area contributed by atoms with E-state index in [1.807, 2.05) is 0 Å². The van der Waals surface area contributed by atoms with E-state index in [1.54, 1.807) is 4.57 Å². The van der Waals surface area contributed by atoms with Crippen molar-refractivity contribution >= 4 is 38.6 Å². The van der Waals surface area contributed by atoms with Crippen molar-refractivity contribution in [3.63, 3.8) is 0 Å². The Hall–Kier alpha value is -1.53. The molecule has 2 nitrogen and oxygen atoms in total. The molecule has 108 valence electrons. The molecule has 0 saturated heterocycles. The molecular formula is C14H7BrClF3N2. The van der Waals surface area contributed by atoms with Gasteiger partial charge in [-0.05, 0) is 34.1 Å². The Morgan fingerprint density at radius 1 is 1.05 bits per heavy atom. The Morgan fingerprint density at radius 3 is 2.48 bits per heavy atom. The Labute approximate surface area is 131 Å². The summed E-state index contributed by atoms with van der Waals surface area (Å²) in [5.74, 6) is -1.92. The monoisotopic (exact) mass is 374 g/mol. The second-order valence-electron chi connectivity index (χ2n) is 4.35. The van der Waals surface area contributed by atoms with E-state index in [1.165, 1.54) is 18.2 Å². The minimum absolute atomic E-state index is 0.0485. The number of hydrogen-bond donors (Lipinski definition) is 0. The second-order valence-corrected chi connectivity index (χ2v) is 5.47. The molecule has 0 bridgehead atoms. The Kier molecular flexibility index (Phi) is 3.67. The van der Waals surface area contributed by atoms with Crippen LogP contribution in [0.15, 0.2) is 34.8 Å². The number of nitrogens with zero attached hydrogens (tertiary/aromatic N) is 2. The molecule has 0 aliphatic carbocycles. The summed E-state index contributed by atoms with van der Waals surface area (Å²) < 4.78 is 41.9. The Bertz CT molecular complexity index is 848. The molecule has 0 aliphatic heterocycles. The quantitative estimate of drug-likeness (QED) is 0.580. The normalized spacial score (nSPS) is 11.3. The lowest BCUT2D eigenvalue weighted by atomic mass is 10.2. The van der Waals surface area contributed by atoms with Crippen molar-refractivity contribution in [3.8, 4) is 5.69 Å². The molecule has 0 saturated carbocycles. The lowest BCUT2D eigenvalue weighted by Crippen LogP contribution is -2.00. The molecule has 0 unspecified atom stereocenters. The van der Waals surface area contributed by atoms with Crippen LogP contribution in [0, 0.1) is 17.5 Å². The van der Waals surface area contributed by atoms with E-state index >= 15 is 0 Å². The molecule has 0 atom stereocenters. The first kappa shape index (κ1) is 14.4. The van der Waals surface area contributed by atoms with Crippen LogP contribution in [0.1, 0.15) is 5.82 Å². The number of rotatable bonds is 2. The highest BCUT2D eigenvalue weighted by Gasteiger charge is 2.15. The number of aromatic nitrogens is 2. The first-order valence-corrected chi connectivity index (χ1v) is 7.22. The molecule has 0 spiro atoms. The van der Waals surface area contributed by atoms with E-state index in [-0.39, 0.29) is 10.4 Å². The maximum Gasteiger partial charge on any atom is 0.160 e.